The number of nitrogens with two attached hydrogens (primary N) is 1. The molecule has 1 amide bonds. The Kier molecular flexibility index (Phi) is 6.04. The number of carbonyl (C=O) groups excluding carboxylic acids is 1. The van der Waals surface area contributed by atoms with Crippen molar-refractivity contribution in [3.05, 3.63) is 72.2 Å². The topological polar surface area (TPSA) is 165 Å². The van der Waals surface area contributed by atoms with Crippen molar-refractivity contribution >= 4 is 27.2 Å². The first kappa shape index (κ1) is 26.2. The number of halogens is 1. The van der Waals surface area contributed by atoms with Gasteiger partial charge in [0.1, 0.15) is 16.5 Å². The first-order valence-corrected chi connectivity index (χ1v) is 15.4. The number of anilines is 1. The monoisotopic (exact) mass is 587 g/mol. The van der Waals surface area contributed by atoms with Gasteiger partial charge in [0.25, 0.3) is 5.91 Å². The molecule has 2 bridgehead atoms. The summed E-state index contributed by atoms with van der Waals surface area (Å²) in [4.78, 5) is 24.3. The number of hydrogen-bond acceptors (Lipinski definition) is 9. The molecule has 1 aromatic carbocycles. The quantitative estimate of drug-likeness (QED) is 0.314. The minimum Gasteiger partial charge on any atom is -0.382 e. The van der Waals surface area contributed by atoms with Crippen molar-refractivity contribution in [1.29, 1.82) is 0 Å². The van der Waals surface area contributed by atoms with Crippen molar-refractivity contribution in [1.82, 2.24) is 39.9 Å². The molecular weight excluding hydrogens is 561 g/mol. The van der Waals surface area contributed by atoms with Gasteiger partial charge in [-0.1, -0.05) is 18.2 Å². The highest BCUT2D eigenvalue weighted by atomic mass is 32.2. The fraction of sp³-hybridized carbons (Fsp3) is 0.286. The summed E-state index contributed by atoms with van der Waals surface area (Å²) in [7, 11) is -3.78. The molecule has 6 heterocycles. The number of piperidine rings is 1. The molecule has 2 saturated heterocycles. The number of amides is 1. The minimum absolute atomic E-state index is 0.0202. The Labute approximate surface area is 239 Å². The second-order valence-electron chi connectivity index (χ2n) is 10.8. The van der Waals surface area contributed by atoms with Gasteiger partial charge in [-0.15, -0.1) is 0 Å². The number of H-pyrrole nitrogens is 1. The molecule has 12 nitrogen and oxygen atoms in total. The Hall–Kier alpha value is -4.72. The number of rotatable bonds is 5. The number of nitrogen functional groups attached to an aromatic ring is 1. The number of hydrogen-bond donors (Lipinski definition) is 2. The van der Waals surface area contributed by atoms with E-state index in [-0.39, 0.29) is 46.1 Å². The highest BCUT2D eigenvalue weighted by Gasteiger charge is 2.46. The van der Waals surface area contributed by atoms with Crippen LogP contribution in [0.1, 0.15) is 47.8 Å². The van der Waals surface area contributed by atoms with Gasteiger partial charge in [0, 0.05) is 47.1 Å². The number of nitrogens with one attached hydrogen (secondary N) is 1. The van der Waals surface area contributed by atoms with Crippen molar-refractivity contribution in [3.8, 4) is 22.4 Å². The molecule has 2 atom stereocenters. The zero-order chi connectivity index (χ0) is 29.2. The van der Waals surface area contributed by atoms with Crippen molar-refractivity contribution in [2.75, 3.05) is 12.0 Å². The molecule has 4 aromatic heterocycles. The summed E-state index contributed by atoms with van der Waals surface area (Å²) in [5.74, 6) is -0.826. The van der Waals surface area contributed by atoms with E-state index in [1.165, 1.54) is 16.8 Å². The lowest BCUT2D eigenvalue weighted by atomic mass is 9.87. The summed E-state index contributed by atoms with van der Waals surface area (Å²) in [6.07, 6.45) is 8.37. The van der Waals surface area contributed by atoms with Crippen LogP contribution in [0.15, 0.2) is 59.9 Å². The van der Waals surface area contributed by atoms with Crippen LogP contribution in [0.4, 0.5) is 10.2 Å². The van der Waals surface area contributed by atoms with Gasteiger partial charge in [0.15, 0.2) is 21.2 Å². The number of aromatic nitrogens is 7. The average Bonchev–Trinajstić information content (AvgIpc) is 3.71. The van der Waals surface area contributed by atoms with Crippen molar-refractivity contribution < 1.29 is 17.6 Å². The van der Waals surface area contributed by atoms with Gasteiger partial charge in [-0.3, -0.25) is 9.78 Å². The van der Waals surface area contributed by atoms with Gasteiger partial charge >= 0.3 is 0 Å². The number of aromatic amines is 1. The van der Waals surface area contributed by atoms with Crippen LogP contribution in [0.3, 0.4) is 0 Å². The number of sulfone groups is 1. The van der Waals surface area contributed by atoms with Crippen molar-refractivity contribution in [2.45, 2.75) is 48.6 Å². The summed E-state index contributed by atoms with van der Waals surface area (Å²) >= 11 is 0. The van der Waals surface area contributed by atoms with E-state index in [0.29, 0.717) is 46.6 Å². The molecule has 3 N–H and O–H groups in total. The third kappa shape index (κ3) is 4.21. The molecule has 214 valence electrons. The zero-order valence-electron chi connectivity index (χ0n) is 22.5. The smallest absolute Gasteiger partial charge is 0.276 e. The Bertz CT molecular complexity index is 1930. The van der Waals surface area contributed by atoms with Crippen molar-refractivity contribution in [3.63, 3.8) is 0 Å². The standard InChI is InChI=1S/C28H26FN9O3S/c1-42(40,41)25-24(16-10-17-7-8-18(11-16)37(17)28(39)23-14-32-36-35-23)34-27-20(13-33-38(27)26(25)30)15-6-9-22(31-12-15)19-4-2-3-5-21(19)29/h2-6,9,12-14,16-18H,7-8,10-11,30H2,1H3,(H,32,35,36). The van der Waals surface area contributed by atoms with Crippen LogP contribution in [0.5, 0.6) is 0 Å². The van der Waals surface area contributed by atoms with E-state index in [0.717, 1.165) is 19.1 Å². The maximum Gasteiger partial charge on any atom is 0.276 e. The second kappa shape index (κ2) is 9.69. The molecule has 0 saturated carbocycles. The van der Waals surface area contributed by atoms with Crippen LogP contribution in [-0.2, 0) is 9.84 Å². The summed E-state index contributed by atoms with van der Waals surface area (Å²) in [6.45, 7) is 0. The molecule has 0 aliphatic carbocycles. The molecule has 0 radical (unpaired) electrons. The molecule has 2 fully saturated rings. The van der Waals surface area contributed by atoms with Crippen LogP contribution in [-0.4, -0.2) is 72.6 Å². The predicted molar refractivity (Wildman–Crippen MR) is 150 cm³/mol. The van der Waals surface area contributed by atoms with E-state index in [1.54, 1.807) is 42.7 Å². The van der Waals surface area contributed by atoms with Gasteiger partial charge < -0.3 is 10.6 Å². The van der Waals surface area contributed by atoms with E-state index in [2.05, 4.69) is 25.5 Å². The summed E-state index contributed by atoms with van der Waals surface area (Å²) < 4.78 is 41.8. The lowest BCUT2D eigenvalue weighted by Gasteiger charge is -2.38. The number of fused-ring (bicyclic) bond motifs is 3. The minimum atomic E-state index is -3.78. The Morgan fingerprint density at radius 1 is 1.05 bits per heavy atom. The van der Waals surface area contributed by atoms with E-state index >= 15 is 0 Å². The van der Waals surface area contributed by atoms with Gasteiger partial charge in [0.2, 0.25) is 0 Å². The normalized spacial score (nSPS) is 20.3. The number of carbonyl (C=O) groups is 1. The summed E-state index contributed by atoms with van der Waals surface area (Å²) in [5.41, 5.74) is 9.65. The molecule has 0 spiro atoms. The molecular formula is C28H26FN9O3S. The molecule has 5 aromatic rings. The van der Waals surface area contributed by atoms with E-state index in [1.807, 2.05) is 4.90 Å². The third-order valence-corrected chi connectivity index (χ3v) is 9.41. The van der Waals surface area contributed by atoms with Crippen molar-refractivity contribution in [2.24, 2.45) is 0 Å². The highest BCUT2D eigenvalue weighted by Crippen LogP contribution is 2.45. The van der Waals surface area contributed by atoms with Crippen LogP contribution in [0.25, 0.3) is 28.0 Å². The molecule has 2 aliphatic rings. The Morgan fingerprint density at radius 2 is 1.81 bits per heavy atom. The van der Waals surface area contributed by atoms with E-state index in [4.69, 9.17) is 10.7 Å². The van der Waals surface area contributed by atoms with Crippen LogP contribution >= 0.6 is 0 Å². The first-order valence-electron chi connectivity index (χ1n) is 13.5. The number of benzene rings is 1. The molecule has 7 rings (SSSR count). The SMILES string of the molecule is CS(=O)(=O)c1c(C2CC3CCC(C2)N3C(=O)c2cn[nH]n2)nc2c(-c3ccc(-c4ccccc4F)nc3)cnn2c1N. The Morgan fingerprint density at radius 3 is 2.45 bits per heavy atom. The fourth-order valence-corrected chi connectivity index (χ4v) is 7.49. The first-order chi connectivity index (χ1) is 20.2. The van der Waals surface area contributed by atoms with Crippen LogP contribution in [0, 0.1) is 5.82 Å². The second-order valence-corrected chi connectivity index (χ2v) is 12.8. The lowest BCUT2D eigenvalue weighted by Crippen LogP contribution is -2.46. The zero-order valence-corrected chi connectivity index (χ0v) is 23.3. The van der Waals surface area contributed by atoms with E-state index in [9.17, 15) is 17.6 Å². The van der Waals surface area contributed by atoms with Crippen LogP contribution < -0.4 is 5.73 Å². The van der Waals surface area contributed by atoms with Crippen LogP contribution in [0.2, 0.25) is 0 Å². The third-order valence-electron chi connectivity index (χ3n) is 8.25. The molecule has 14 heteroatoms. The maximum atomic E-state index is 14.3. The van der Waals surface area contributed by atoms with Gasteiger partial charge in [-0.2, -0.15) is 25.0 Å². The van der Waals surface area contributed by atoms with Gasteiger partial charge in [-0.05, 0) is 43.9 Å². The Balaban J connectivity index is 1.28. The number of pyridine rings is 1. The van der Waals surface area contributed by atoms with Gasteiger partial charge in [-0.25, -0.2) is 17.8 Å². The lowest BCUT2D eigenvalue weighted by molar-refractivity contribution is 0.0562. The largest absolute Gasteiger partial charge is 0.382 e. The fourth-order valence-electron chi connectivity index (χ4n) is 6.43. The molecule has 42 heavy (non-hydrogen) atoms. The molecule has 2 unspecified atom stereocenters. The predicted octanol–water partition coefficient (Wildman–Crippen LogP) is 3.25. The van der Waals surface area contributed by atoms with Gasteiger partial charge in [0.05, 0.1) is 23.8 Å². The summed E-state index contributed by atoms with van der Waals surface area (Å²) in [5, 5.41) is 14.6. The number of nitrogens with zero attached hydrogens (tertiary/aromatic N) is 7. The maximum absolute atomic E-state index is 14.3. The van der Waals surface area contributed by atoms with E-state index < -0.39 is 9.84 Å². The average molecular weight is 588 g/mol. The highest BCUT2D eigenvalue weighted by molar-refractivity contribution is 7.91. The summed E-state index contributed by atoms with van der Waals surface area (Å²) in [6, 6.07) is 9.72. The molecule has 2 aliphatic heterocycles.